The highest BCUT2D eigenvalue weighted by Gasteiger charge is 2.42. The minimum Gasteiger partial charge on any atom is -0.267 e. The van der Waals surface area contributed by atoms with E-state index in [1.165, 1.54) is 0 Å². The van der Waals surface area contributed by atoms with Crippen LogP contribution < -0.4 is 11.1 Å². The maximum absolute atomic E-state index is 13.7. The van der Waals surface area contributed by atoms with Crippen molar-refractivity contribution in [2.24, 2.45) is 0 Å². The smallest absolute Gasteiger partial charge is 0.267 e. The van der Waals surface area contributed by atoms with Gasteiger partial charge in [0.15, 0.2) is 0 Å². The Kier molecular flexibility index (Phi) is 4.48. The maximum Gasteiger partial charge on any atom is 0.274 e. The third-order valence-corrected chi connectivity index (χ3v) is 8.74. The summed E-state index contributed by atoms with van der Waals surface area (Å²) in [6.45, 7) is 6.37. The van der Waals surface area contributed by atoms with Crippen molar-refractivity contribution in [1.29, 1.82) is 0 Å². The predicted molar refractivity (Wildman–Crippen MR) is 124 cm³/mol. The van der Waals surface area contributed by atoms with Crippen LogP contribution in [0.5, 0.6) is 0 Å². The molecule has 150 valence electrons. The highest BCUT2D eigenvalue weighted by atomic mass is 31.1. The molecule has 4 aromatic rings. The van der Waals surface area contributed by atoms with Gasteiger partial charge in [-0.05, 0) is 62.8 Å². The molecule has 30 heavy (non-hydrogen) atoms. The van der Waals surface area contributed by atoms with Crippen LogP contribution in [0.4, 0.5) is 0 Å². The predicted octanol–water partition coefficient (Wildman–Crippen LogP) is 5.00. The molecule has 0 bridgehead atoms. The molecule has 0 amide bonds. The standard InChI is InChI=1S/C25H23N2O2P/c1-16-10-4-6-12-18(16)24-26-22(28)20-14-8-9-15-21(20)23(29)27(26)25(30(24)3)19-13-7-5-11-17(19)2/h4-15,24-25H,1-3H3. The zero-order chi connectivity index (χ0) is 21.0. The minimum atomic E-state index is -0.773. The van der Waals surface area contributed by atoms with Crippen LogP contribution in [-0.4, -0.2) is 16.0 Å². The van der Waals surface area contributed by atoms with Gasteiger partial charge < -0.3 is 0 Å². The summed E-state index contributed by atoms with van der Waals surface area (Å²) in [7, 11) is -0.773. The SMILES string of the molecule is Cc1ccccc1C1n2c(=O)c3ccccc3c(=O)n2C(c2ccccc2C)P1C. The summed E-state index contributed by atoms with van der Waals surface area (Å²) in [4.78, 5) is 27.4. The van der Waals surface area contributed by atoms with E-state index in [2.05, 4.69) is 44.8 Å². The largest absolute Gasteiger partial charge is 0.274 e. The van der Waals surface area contributed by atoms with E-state index in [-0.39, 0.29) is 22.7 Å². The number of rotatable bonds is 2. The lowest BCUT2D eigenvalue weighted by Crippen LogP contribution is -2.37. The van der Waals surface area contributed by atoms with Crippen LogP contribution in [0.15, 0.2) is 82.4 Å². The Morgan fingerprint density at radius 3 is 1.40 bits per heavy atom. The van der Waals surface area contributed by atoms with Crippen molar-refractivity contribution in [3.8, 4) is 0 Å². The molecular formula is C25H23N2O2P. The molecule has 0 spiro atoms. The van der Waals surface area contributed by atoms with Gasteiger partial charge in [-0.2, -0.15) is 0 Å². The van der Waals surface area contributed by atoms with Crippen molar-refractivity contribution in [3.05, 3.63) is 116 Å². The monoisotopic (exact) mass is 414 g/mol. The molecule has 1 aliphatic heterocycles. The molecule has 0 saturated heterocycles. The summed E-state index contributed by atoms with van der Waals surface area (Å²) in [6, 6.07) is 23.6. The summed E-state index contributed by atoms with van der Waals surface area (Å²) in [5.41, 5.74) is 4.33. The van der Waals surface area contributed by atoms with Crippen LogP contribution in [0.25, 0.3) is 10.8 Å². The van der Waals surface area contributed by atoms with Crippen molar-refractivity contribution in [2.45, 2.75) is 25.4 Å². The first-order valence-electron chi connectivity index (χ1n) is 10.1. The molecule has 2 heterocycles. The molecular weight excluding hydrogens is 391 g/mol. The Labute approximate surface area is 176 Å². The van der Waals surface area contributed by atoms with Gasteiger partial charge in [0, 0.05) is 0 Å². The number of hydrogen-bond acceptors (Lipinski definition) is 2. The summed E-state index contributed by atoms with van der Waals surface area (Å²) < 4.78 is 3.49. The lowest BCUT2D eigenvalue weighted by molar-refractivity contribution is 0.492. The van der Waals surface area contributed by atoms with E-state index < -0.39 is 7.92 Å². The van der Waals surface area contributed by atoms with Gasteiger partial charge in [-0.1, -0.05) is 60.7 Å². The molecule has 0 aliphatic carbocycles. The molecule has 5 heteroatoms. The van der Waals surface area contributed by atoms with E-state index >= 15 is 0 Å². The Hall–Kier alpha value is -2.97. The molecule has 4 nitrogen and oxygen atoms in total. The normalized spacial score (nSPS) is 20.4. The number of hydrogen-bond donors (Lipinski definition) is 0. The van der Waals surface area contributed by atoms with Crippen molar-refractivity contribution in [1.82, 2.24) is 9.36 Å². The second-order valence-electron chi connectivity index (χ2n) is 7.97. The van der Waals surface area contributed by atoms with Gasteiger partial charge in [-0.25, -0.2) is 9.36 Å². The van der Waals surface area contributed by atoms with Crippen LogP contribution in [0, 0.1) is 13.8 Å². The van der Waals surface area contributed by atoms with Crippen molar-refractivity contribution < 1.29 is 0 Å². The molecule has 0 saturated carbocycles. The van der Waals surface area contributed by atoms with E-state index in [0.29, 0.717) is 10.8 Å². The Morgan fingerprint density at radius 2 is 1.00 bits per heavy atom. The summed E-state index contributed by atoms with van der Waals surface area (Å²) in [5.74, 6) is -0.286. The van der Waals surface area contributed by atoms with E-state index in [4.69, 9.17) is 0 Å². The quantitative estimate of drug-likeness (QED) is 0.433. The summed E-state index contributed by atoms with van der Waals surface area (Å²) >= 11 is 0. The lowest BCUT2D eigenvalue weighted by atomic mass is 10.1. The highest BCUT2D eigenvalue weighted by Crippen LogP contribution is 2.63. The van der Waals surface area contributed by atoms with Crippen LogP contribution in [0.3, 0.4) is 0 Å². The Balaban J connectivity index is 1.92. The zero-order valence-corrected chi connectivity index (χ0v) is 18.1. The fourth-order valence-electron chi connectivity index (χ4n) is 4.69. The zero-order valence-electron chi connectivity index (χ0n) is 17.2. The van der Waals surface area contributed by atoms with Gasteiger partial charge in [0.25, 0.3) is 11.1 Å². The topological polar surface area (TPSA) is 44.0 Å². The number of fused-ring (bicyclic) bond motifs is 2. The first-order valence-corrected chi connectivity index (χ1v) is 12.0. The molecule has 0 radical (unpaired) electrons. The fourth-order valence-corrected chi connectivity index (χ4v) is 7.54. The minimum absolute atomic E-state index is 0.0936. The number of aryl methyl sites for hydroxylation is 2. The number of benzene rings is 3. The molecule has 2 atom stereocenters. The van der Waals surface area contributed by atoms with Crippen LogP contribution in [0.1, 0.15) is 33.8 Å². The molecule has 0 fully saturated rings. The van der Waals surface area contributed by atoms with E-state index in [9.17, 15) is 9.59 Å². The summed E-state index contributed by atoms with van der Waals surface area (Å²) in [6.07, 6.45) is 0. The van der Waals surface area contributed by atoms with Crippen LogP contribution in [-0.2, 0) is 0 Å². The first-order chi connectivity index (χ1) is 14.5. The van der Waals surface area contributed by atoms with E-state index in [0.717, 1.165) is 22.3 Å². The van der Waals surface area contributed by atoms with Gasteiger partial charge in [-0.3, -0.25) is 9.59 Å². The maximum atomic E-state index is 13.7. The average molecular weight is 414 g/mol. The van der Waals surface area contributed by atoms with E-state index in [1.807, 2.05) is 36.4 Å². The Bertz CT molecular complexity index is 1300. The summed E-state index contributed by atoms with van der Waals surface area (Å²) in [5, 5.41) is 0.984. The van der Waals surface area contributed by atoms with Gasteiger partial charge in [0.05, 0.1) is 10.8 Å². The second-order valence-corrected chi connectivity index (χ2v) is 10.3. The van der Waals surface area contributed by atoms with Gasteiger partial charge >= 0.3 is 0 Å². The second kappa shape index (κ2) is 7.07. The Morgan fingerprint density at radius 1 is 0.633 bits per heavy atom. The molecule has 5 rings (SSSR count). The third kappa shape index (κ3) is 2.64. The molecule has 2 unspecified atom stereocenters. The third-order valence-electron chi connectivity index (χ3n) is 6.20. The van der Waals surface area contributed by atoms with Gasteiger partial charge in [0.2, 0.25) is 0 Å². The average Bonchev–Trinajstić information content (AvgIpc) is 3.06. The first kappa shape index (κ1) is 19.0. The number of nitrogens with zero attached hydrogens (tertiary/aromatic N) is 2. The number of aromatic nitrogens is 2. The van der Waals surface area contributed by atoms with Gasteiger partial charge in [0.1, 0.15) is 11.6 Å². The molecule has 1 aliphatic rings. The molecule has 1 aromatic heterocycles. The van der Waals surface area contributed by atoms with Crippen LogP contribution in [0.2, 0.25) is 0 Å². The van der Waals surface area contributed by atoms with Crippen molar-refractivity contribution in [3.63, 3.8) is 0 Å². The van der Waals surface area contributed by atoms with E-state index in [1.54, 1.807) is 21.5 Å². The highest BCUT2D eigenvalue weighted by molar-refractivity contribution is 7.57. The fraction of sp³-hybridized carbons (Fsp3) is 0.200. The molecule has 3 aromatic carbocycles. The van der Waals surface area contributed by atoms with Crippen molar-refractivity contribution in [2.75, 3.05) is 6.66 Å². The van der Waals surface area contributed by atoms with Crippen molar-refractivity contribution >= 4 is 18.7 Å². The van der Waals surface area contributed by atoms with Crippen LogP contribution >= 0.6 is 7.92 Å². The lowest BCUT2D eigenvalue weighted by Gasteiger charge is -2.23. The molecule has 0 N–H and O–H groups in total. The van der Waals surface area contributed by atoms with Gasteiger partial charge in [-0.15, -0.1) is 0 Å².